The fourth-order valence-electron chi connectivity index (χ4n) is 10.4. The van der Waals surface area contributed by atoms with Crippen molar-refractivity contribution in [2.75, 3.05) is 13.2 Å². The number of aliphatic hydroxyl groups is 5. The lowest BCUT2D eigenvalue weighted by atomic mass is 9.99. The zero-order valence-electron chi connectivity index (χ0n) is 48.6. The quantitative estimate of drug-likeness (QED) is 0.0261. The van der Waals surface area contributed by atoms with E-state index in [2.05, 4.69) is 43.5 Å². The third-order valence-electron chi connectivity index (χ3n) is 15.5. The lowest BCUT2D eigenvalue weighted by Crippen LogP contribution is -2.60. The van der Waals surface area contributed by atoms with Gasteiger partial charge in [-0.1, -0.05) is 294 Å². The van der Waals surface area contributed by atoms with Crippen molar-refractivity contribution in [2.24, 2.45) is 0 Å². The van der Waals surface area contributed by atoms with Crippen LogP contribution in [0.5, 0.6) is 0 Å². The Morgan fingerprint density at radius 3 is 1.16 bits per heavy atom. The SMILES string of the molecule is CCCCCCCCCCCCCC/C=C/C(O)C(COC1OC(CO)C(O)C(O)C1O)NC(=O)CCCCCCCCCCCCCCCCCCC/C=C\C/C=C\CCCCCCCCCCCCCCC. The minimum absolute atomic E-state index is 0.173. The molecule has 1 amide bonds. The fourth-order valence-corrected chi connectivity index (χ4v) is 10.4. The molecule has 0 aliphatic carbocycles. The van der Waals surface area contributed by atoms with Gasteiger partial charge in [0.1, 0.15) is 24.4 Å². The highest BCUT2D eigenvalue weighted by Crippen LogP contribution is 2.23. The maximum Gasteiger partial charge on any atom is 0.220 e. The van der Waals surface area contributed by atoms with E-state index >= 15 is 0 Å². The molecule has 0 aromatic carbocycles. The highest BCUT2D eigenvalue weighted by Gasteiger charge is 2.44. The van der Waals surface area contributed by atoms with Crippen molar-refractivity contribution in [3.05, 3.63) is 36.5 Å². The smallest absolute Gasteiger partial charge is 0.220 e. The monoisotopic (exact) mass is 1050 g/mol. The van der Waals surface area contributed by atoms with Gasteiger partial charge in [0.15, 0.2) is 6.29 Å². The Morgan fingerprint density at radius 2 is 0.797 bits per heavy atom. The Balaban J connectivity index is 2.07. The van der Waals surface area contributed by atoms with Crippen LogP contribution in [0.2, 0.25) is 0 Å². The van der Waals surface area contributed by atoms with Gasteiger partial charge in [0.25, 0.3) is 0 Å². The predicted molar refractivity (Wildman–Crippen MR) is 313 cm³/mol. The molecule has 1 heterocycles. The summed E-state index contributed by atoms with van der Waals surface area (Å²) in [5.41, 5.74) is 0. The van der Waals surface area contributed by atoms with Gasteiger partial charge in [-0.05, 0) is 51.4 Å². The van der Waals surface area contributed by atoms with Crippen molar-refractivity contribution in [3.8, 4) is 0 Å². The van der Waals surface area contributed by atoms with Crippen LogP contribution in [0.1, 0.15) is 316 Å². The maximum atomic E-state index is 13.1. The van der Waals surface area contributed by atoms with Crippen LogP contribution in [0.15, 0.2) is 36.5 Å². The van der Waals surface area contributed by atoms with Crippen LogP contribution in [0, 0.1) is 0 Å². The zero-order chi connectivity index (χ0) is 53.6. The maximum absolute atomic E-state index is 13.1. The van der Waals surface area contributed by atoms with Crippen LogP contribution < -0.4 is 5.32 Å². The van der Waals surface area contributed by atoms with Crippen LogP contribution >= 0.6 is 0 Å². The number of hydrogen-bond acceptors (Lipinski definition) is 8. The summed E-state index contributed by atoms with van der Waals surface area (Å²) in [4.78, 5) is 13.1. The second-order valence-electron chi connectivity index (χ2n) is 22.6. The van der Waals surface area contributed by atoms with E-state index in [1.54, 1.807) is 6.08 Å². The Bertz CT molecular complexity index is 1260. The molecule has 1 saturated heterocycles. The van der Waals surface area contributed by atoms with Gasteiger partial charge in [0, 0.05) is 6.42 Å². The average Bonchev–Trinajstić information content (AvgIpc) is 3.40. The summed E-state index contributed by atoms with van der Waals surface area (Å²) in [7, 11) is 0. The Kier molecular flexibility index (Phi) is 52.1. The molecule has 0 radical (unpaired) electrons. The molecule has 436 valence electrons. The van der Waals surface area contributed by atoms with E-state index in [1.165, 1.54) is 250 Å². The lowest BCUT2D eigenvalue weighted by Gasteiger charge is -2.40. The summed E-state index contributed by atoms with van der Waals surface area (Å²) in [6, 6.07) is -0.803. The van der Waals surface area contributed by atoms with Gasteiger partial charge in [-0.15, -0.1) is 0 Å². The third-order valence-corrected chi connectivity index (χ3v) is 15.5. The van der Waals surface area contributed by atoms with Crippen LogP contribution in [0.4, 0.5) is 0 Å². The number of rotatable bonds is 56. The molecule has 74 heavy (non-hydrogen) atoms. The number of amides is 1. The van der Waals surface area contributed by atoms with E-state index in [-0.39, 0.29) is 12.5 Å². The van der Waals surface area contributed by atoms with E-state index in [9.17, 15) is 30.3 Å². The molecule has 1 aliphatic rings. The second kappa shape index (κ2) is 54.8. The molecule has 0 saturated carbocycles. The minimum atomic E-state index is -1.57. The average molecular weight is 1050 g/mol. The van der Waals surface area contributed by atoms with Gasteiger partial charge in [-0.25, -0.2) is 0 Å². The molecular formula is C65H123NO8. The highest BCUT2D eigenvalue weighted by atomic mass is 16.7. The number of aliphatic hydroxyl groups excluding tert-OH is 5. The van der Waals surface area contributed by atoms with Gasteiger partial charge in [-0.2, -0.15) is 0 Å². The lowest BCUT2D eigenvalue weighted by molar-refractivity contribution is -0.302. The summed E-state index contributed by atoms with van der Waals surface area (Å²) < 4.78 is 11.3. The third kappa shape index (κ3) is 43.4. The Morgan fingerprint density at radius 1 is 0.459 bits per heavy atom. The topological polar surface area (TPSA) is 149 Å². The molecule has 7 atom stereocenters. The Labute approximate surface area is 457 Å². The van der Waals surface area contributed by atoms with E-state index in [4.69, 9.17) is 9.47 Å². The summed E-state index contributed by atoms with van der Waals surface area (Å²) in [5.74, 6) is -0.173. The molecule has 6 N–H and O–H groups in total. The highest BCUT2D eigenvalue weighted by molar-refractivity contribution is 5.76. The molecule has 0 spiro atoms. The first-order chi connectivity index (χ1) is 36.3. The van der Waals surface area contributed by atoms with Gasteiger partial charge in [0.2, 0.25) is 5.91 Å². The first-order valence-corrected chi connectivity index (χ1v) is 32.2. The Hall–Kier alpha value is -1.59. The molecule has 1 rings (SSSR count). The second-order valence-corrected chi connectivity index (χ2v) is 22.6. The number of hydrogen-bond donors (Lipinski definition) is 6. The van der Waals surface area contributed by atoms with Crippen molar-refractivity contribution in [1.82, 2.24) is 5.32 Å². The van der Waals surface area contributed by atoms with Crippen molar-refractivity contribution in [1.29, 1.82) is 0 Å². The molecule has 0 bridgehead atoms. The first-order valence-electron chi connectivity index (χ1n) is 32.2. The molecule has 1 aliphatic heterocycles. The number of nitrogens with one attached hydrogen (secondary N) is 1. The molecule has 0 aromatic heterocycles. The normalized spacial score (nSPS) is 19.1. The fraction of sp³-hybridized carbons (Fsp3) is 0.892. The van der Waals surface area contributed by atoms with Crippen molar-refractivity contribution in [2.45, 2.75) is 358 Å². The van der Waals surface area contributed by atoms with Gasteiger partial charge in [-0.3, -0.25) is 4.79 Å². The number of allylic oxidation sites excluding steroid dienone is 5. The van der Waals surface area contributed by atoms with Crippen molar-refractivity contribution >= 4 is 5.91 Å². The predicted octanol–water partition coefficient (Wildman–Crippen LogP) is 16.7. The summed E-state index contributed by atoms with van der Waals surface area (Å²) in [6.45, 7) is 3.81. The van der Waals surface area contributed by atoms with Gasteiger partial charge in [0.05, 0.1) is 25.4 Å². The molecule has 0 aromatic rings. The standard InChI is InChI=1S/C65H123NO8/c1-3-5-7-9-11-13-15-17-19-20-21-22-23-24-25-26-27-28-29-30-31-32-33-34-35-36-37-38-39-40-41-43-45-47-49-51-53-55-61(69)66-58(57-73-65-64(72)63(71)62(70)60(56-67)74-65)59(68)54-52-50-48-46-44-42-18-16-14-12-10-8-6-4-2/h25-26,28-29,52,54,58-60,62-65,67-68,70-72H,3-24,27,30-51,53,55-57H2,1-2H3,(H,66,69)/b26-25-,29-28-,54-52+. The zero-order valence-corrected chi connectivity index (χ0v) is 48.6. The first kappa shape index (κ1) is 70.4. The van der Waals surface area contributed by atoms with E-state index in [1.807, 2.05) is 6.08 Å². The molecule has 7 unspecified atom stereocenters. The van der Waals surface area contributed by atoms with E-state index in [0.717, 1.165) is 44.9 Å². The van der Waals surface area contributed by atoms with E-state index < -0.39 is 49.5 Å². The number of carbonyl (C=O) groups is 1. The summed E-state index contributed by atoms with van der Waals surface area (Å²) in [6.07, 6.45) is 65.3. The van der Waals surface area contributed by atoms with Gasteiger partial charge < -0.3 is 40.3 Å². The van der Waals surface area contributed by atoms with Crippen LogP contribution in [0.3, 0.4) is 0 Å². The largest absolute Gasteiger partial charge is 0.394 e. The number of unbranched alkanes of at least 4 members (excludes halogenated alkanes) is 42. The van der Waals surface area contributed by atoms with E-state index in [0.29, 0.717) is 6.42 Å². The molecule has 9 nitrogen and oxygen atoms in total. The summed E-state index contributed by atoms with van der Waals surface area (Å²) >= 11 is 0. The van der Waals surface area contributed by atoms with Crippen LogP contribution in [-0.2, 0) is 14.3 Å². The molecule has 9 heteroatoms. The van der Waals surface area contributed by atoms with Crippen LogP contribution in [-0.4, -0.2) is 87.5 Å². The summed E-state index contributed by atoms with van der Waals surface area (Å²) in [5, 5.41) is 54.5. The van der Waals surface area contributed by atoms with Gasteiger partial charge >= 0.3 is 0 Å². The van der Waals surface area contributed by atoms with Crippen LogP contribution in [0.25, 0.3) is 0 Å². The molecule has 1 fully saturated rings. The minimum Gasteiger partial charge on any atom is -0.394 e. The number of ether oxygens (including phenoxy) is 2. The number of carbonyl (C=O) groups excluding carboxylic acids is 1. The van der Waals surface area contributed by atoms with Crippen molar-refractivity contribution < 1.29 is 39.8 Å². The molecular weight excluding hydrogens is 923 g/mol. The van der Waals surface area contributed by atoms with Crippen molar-refractivity contribution in [3.63, 3.8) is 0 Å².